The number of amides is 2. The molecule has 7 heteroatoms. The molecular weight excluding hydrogens is 523 g/mol. The molecular formula is C26H25BrCl2N2O2. The zero-order valence-electron chi connectivity index (χ0n) is 18.2. The first-order valence-electron chi connectivity index (χ1n) is 10.7. The van der Waals surface area contributed by atoms with Gasteiger partial charge in [0.15, 0.2) is 0 Å². The van der Waals surface area contributed by atoms with Gasteiger partial charge in [0, 0.05) is 24.0 Å². The molecule has 0 fully saturated rings. The molecule has 4 nitrogen and oxygen atoms in total. The highest BCUT2D eigenvalue weighted by Gasteiger charge is 2.30. The summed E-state index contributed by atoms with van der Waals surface area (Å²) >= 11 is 15.7. The third-order valence-corrected chi connectivity index (χ3v) is 6.44. The van der Waals surface area contributed by atoms with Gasteiger partial charge < -0.3 is 10.2 Å². The topological polar surface area (TPSA) is 49.4 Å². The summed E-state index contributed by atoms with van der Waals surface area (Å²) in [7, 11) is 0. The van der Waals surface area contributed by atoms with Gasteiger partial charge >= 0.3 is 0 Å². The summed E-state index contributed by atoms with van der Waals surface area (Å²) in [4.78, 5) is 28.4. The smallest absolute Gasteiger partial charge is 0.243 e. The van der Waals surface area contributed by atoms with Crippen LogP contribution in [0.25, 0.3) is 0 Å². The van der Waals surface area contributed by atoms with Crippen LogP contribution in [0.2, 0.25) is 10.0 Å². The van der Waals surface area contributed by atoms with Gasteiger partial charge in [-0.2, -0.15) is 0 Å². The fraction of sp³-hybridized carbons (Fsp3) is 0.231. The molecule has 33 heavy (non-hydrogen) atoms. The molecule has 0 radical (unpaired) electrons. The van der Waals surface area contributed by atoms with Gasteiger partial charge in [-0.1, -0.05) is 87.7 Å². The van der Waals surface area contributed by atoms with Crippen molar-refractivity contribution in [2.75, 3.05) is 6.54 Å². The number of carbonyl (C=O) groups excluding carboxylic acids is 2. The SMILES string of the molecule is CCNC(=O)[C@H](Cc1ccccc1)N(Cc1cccc(Br)c1)C(=O)Cc1ccc(Cl)c(Cl)c1. The minimum absolute atomic E-state index is 0.107. The van der Waals surface area contributed by atoms with Crippen LogP contribution in [0.3, 0.4) is 0 Å². The fourth-order valence-corrected chi connectivity index (χ4v) is 4.37. The summed E-state index contributed by atoms with van der Waals surface area (Å²) < 4.78 is 0.912. The van der Waals surface area contributed by atoms with E-state index in [-0.39, 0.29) is 18.2 Å². The number of likely N-dealkylation sites (N-methyl/N-ethyl adjacent to an activating group) is 1. The molecule has 2 amide bonds. The molecule has 0 aliphatic heterocycles. The number of benzene rings is 3. The average molecular weight is 548 g/mol. The first-order chi connectivity index (χ1) is 15.9. The van der Waals surface area contributed by atoms with E-state index in [1.807, 2.05) is 61.5 Å². The predicted octanol–water partition coefficient (Wildman–Crippen LogP) is 6.07. The Labute approximate surface area is 213 Å². The van der Waals surface area contributed by atoms with Crippen molar-refractivity contribution in [2.45, 2.75) is 32.4 Å². The lowest BCUT2D eigenvalue weighted by molar-refractivity contribution is -0.140. The van der Waals surface area contributed by atoms with Crippen molar-refractivity contribution in [3.63, 3.8) is 0 Å². The molecule has 0 aliphatic carbocycles. The number of nitrogens with zero attached hydrogens (tertiary/aromatic N) is 1. The van der Waals surface area contributed by atoms with Crippen LogP contribution in [0, 0.1) is 0 Å². The molecule has 0 aromatic heterocycles. The molecule has 0 aliphatic rings. The van der Waals surface area contributed by atoms with Crippen LogP contribution in [-0.4, -0.2) is 29.3 Å². The van der Waals surface area contributed by atoms with E-state index < -0.39 is 6.04 Å². The van der Waals surface area contributed by atoms with Crippen molar-refractivity contribution >= 4 is 50.9 Å². The molecule has 3 aromatic carbocycles. The van der Waals surface area contributed by atoms with E-state index in [9.17, 15) is 9.59 Å². The minimum atomic E-state index is -0.665. The van der Waals surface area contributed by atoms with E-state index in [2.05, 4.69) is 21.2 Å². The summed E-state index contributed by atoms with van der Waals surface area (Å²) in [5.41, 5.74) is 2.65. The van der Waals surface area contributed by atoms with Crippen molar-refractivity contribution in [3.8, 4) is 0 Å². The summed E-state index contributed by atoms with van der Waals surface area (Å²) in [6, 6.07) is 21.9. The minimum Gasteiger partial charge on any atom is -0.355 e. The maximum Gasteiger partial charge on any atom is 0.243 e. The van der Waals surface area contributed by atoms with Crippen LogP contribution in [0.1, 0.15) is 23.6 Å². The molecule has 3 rings (SSSR count). The second-order valence-electron chi connectivity index (χ2n) is 7.68. The number of hydrogen-bond donors (Lipinski definition) is 1. The van der Waals surface area contributed by atoms with Crippen molar-refractivity contribution in [1.29, 1.82) is 0 Å². The Morgan fingerprint density at radius 3 is 2.30 bits per heavy atom. The summed E-state index contributed by atoms with van der Waals surface area (Å²) in [5, 5.41) is 3.73. The van der Waals surface area contributed by atoms with Crippen LogP contribution < -0.4 is 5.32 Å². The molecule has 1 N–H and O–H groups in total. The third kappa shape index (κ3) is 7.32. The van der Waals surface area contributed by atoms with E-state index in [1.54, 1.807) is 23.1 Å². The lowest BCUT2D eigenvalue weighted by Gasteiger charge is -2.31. The maximum atomic E-state index is 13.6. The van der Waals surface area contributed by atoms with Crippen molar-refractivity contribution in [2.24, 2.45) is 0 Å². The van der Waals surface area contributed by atoms with E-state index in [0.29, 0.717) is 29.6 Å². The zero-order valence-corrected chi connectivity index (χ0v) is 21.3. The standard InChI is InChI=1S/C26H25BrCl2N2O2/c1-2-30-26(33)24(15-18-7-4-3-5-8-18)31(17-20-9-6-10-21(27)13-20)25(32)16-19-11-12-22(28)23(29)14-19/h3-14,24H,2,15-17H2,1H3,(H,30,33)/t24-/m0/s1. The summed E-state index contributed by atoms with van der Waals surface area (Å²) in [6.07, 6.45) is 0.517. The Kier molecular flexibility index (Phi) is 9.36. The van der Waals surface area contributed by atoms with Gasteiger partial charge in [0.25, 0.3) is 0 Å². The van der Waals surface area contributed by atoms with Crippen LogP contribution in [0.5, 0.6) is 0 Å². The Balaban J connectivity index is 1.96. The van der Waals surface area contributed by atoms with Gasteiger partial charge in [-0.05, 0) is 47.9 Å². The van der Waals surface area contributed by atoms with Gasteiger partial charge in [-0.3, -0.25) is 9.59 Å². The van der Waals surface area contributed by atoms with E-state index in [0.717, 1.165) is 21.2 Å². The highest BCUT2D eigenvalue weighted by Crippen LogP contribution is 2.24. The van der Waals surface area contributed by atoms with Gasteiger partial charge in [0.05, 0.1) is 16.5 Å². The van der Waals surface area contributed by atoms with Gasteiger partial charge in [-0.15, -0.1) is 0 Å². The molecule has 0 saturated carbocycles. The zero-order chi connectivity index (χ0) is 23.8. The van der Waals surface area contributed by atoms with E-state index in [1.165, 1.54) is 0 Å². The van der Waals surface area contributed by atoms with Crippen molar-refractivity contribution in [3.05, 3.63) is 104 Å². The van der Waals surface area contributed by atoms with Crippen LogP contribution in [0.15, 0.2) is 77.3 Å². The summed E-state index contributed by atoms with van der Waals surface area (Å²) in [6.45, 7) is 2.65. The average Bonchev–Trinajstić information content (AvgIpc) is 2.79. The van der Waals surface area contributed by atoms with Crippen LogP contribution >= 0.6 is 39.1 Å². The maximum absolute atomic E-state index is 13.6. The van der Waals surface area contributed by atoms with Crippen molar-refractivity contribution in [1.82, 2.24) is 10.2 Å². The Morgan fingerprint density at radius 1 is 0.909 bits per heavy atom. The van der Waals surface area contributed by atoms with E-state index in [4.69, 9.17) is 23.2 Å². The lowest BCUT2D eigenvalue weighted by Crippen LogP contribution is -2.50. The number of nitrogens with one attached hydrogen (secondary N) is 1. The predicted molar refractivity (Wildman–Crippen MR) is 137 cm³/mol. The largest absolute Gasteiger partial charge is 0.355 e. The van der Waals surface area contributed by atoms with Crippen LogP contribution in [-0.2, 0) is 29.0 Å². The number of carbonyl (C=O) groups is 2. The Hall–Kier alpha value is -2.34. The normalized spacial score (nSPS) is 11.6. The fourth-order valence-electron chi connectivity index (χ4n) is 3.60. The second kappa shape index (κ2) is 12.2. The van der Waals surface area contributed by atoms with Gasteiger partial charge in [-0.25, -0.2) is 0 Å². The molecule has 0 unspecified atom stereocenters. The molecule has 0 bridgehead atoms. The first-order valence-corrected chi connectivity index (χ1v) is 12.2. The molecule has 3 aromatic rings. The number of rotatable bonds is 9. The Morgan fingerprint density at radius 2 is 1.64 bits per heavy atom. The van der Waals surface area contributed by atoms with Crippen molar-refractivity contribution < 1.29 is 9.59 Å². The number of halogens is 3. The number of hydrogen-bond acceptors (Lipinski definition) is 2. The van der Waals surface area contributed by atoms with E-state index >= 15 is 0 Å². The molecule has 0 spiro atoms. The molecule has 172 valence electrons. The lowest BCUT2D eigenvalue weighted by atomic mass is 10.0. The first kappa shape index (κ1) is 25.3. The molecule has 0 heterocycles. The van der Waals surface area contributed by atoms with Crippen LogP contribution in [0.4, 0.5) is 0 Å². The molecule has 1 atom stereocenters. The summed E-state index contributed by atoms with van der Waals surface area (Å²) in [5.74, 6) is -0.348. The Bertz CT molecular complexity index is 1110. The second-order valence-corrected chi connectivity index (χ2v) is 9.41. The molecule has 0 saturated heterocycles. The van der Waals surface area contributed by atoms with Gasteiger partial charge in [0.1, 0.15) is 6.04 Å². The van der Waals surface area contributed by atoms with Gasteiger partial charge in [0.2, 0.25) is 11.8 Å². The highest BCUT2D eigenvalue weighted by atomic mass is 79.9. The third-order valence-electron chi connectivity index (χ3n) is 5.20. The quantitative estimate of drug-likeness (QED) is 0.353. The highest BCUT2D eigenvalue weighted by molar-refractivity contribution is 9.10. The monoisotopic (exact) mass is 546 g/mol.